The van der Waals surface area contributed by atoms with Gasteiger partial charge in [0, 0.05) is 5.92 Å². The molecule has 0 saturated carbocycles. The SMILES string of the molecule is O=C(N[C@@H](CO[C@@H]1O[C@H](CO)[C@@H](O)[C@H](O)[C@H]1O)C(=O)O)OCC1c2ccccc2-c2ccccc21. The van der Waals surface area contributed by atoms with E-state index in [4.69, 9.17) is 14.2 Å². The first-order chi connectivity index (χ1) is 16.8. The van der Waals surface area contributed by atoms with E-state index in [0.29, 0.717) is 0 Å². The molecule has 11 heteroatoms. The summed E-state index contributed by atoms with van der Waals surface area (Å²) in [6, 6.07) is 14.0. The van der Waals surface area contributed by atoms with Crippen LogP contribution in [0.5, 0.6) is 0 Å². The number of amides is 1. The largest absolute Gasteiger partial charge is 0.480 e. The van der Waals surface area contributed by atoms with E-state index in [1.807, 2.05) is 48.5 Å². The van der Waals surface area contributed by atoms with Crippen molar-refractivity contribution < 1.29 is 49.3 Å². The lowest BCUT2D eigenvalue weighted by atomic mass is 9.98. The number of alkyl carbamates (subject to hydrolysis) is 1. The monoisotopic (exact) mass is 489 g/mol. The molecule has 2 aliphatic rings. The molecule has 1 saturated heterocycles. The predicted molar refractivity (Wildman–Crippen MR) is 119 cm³/mol. The van der Waals surface area contributed by atoms with Crippen LogP contribution in [-0.4, -0.2) is 94.2 Å². The van der Waals surface area contributed by atoms with Crippen LogP contribution in [-0.2, 0) is 19.0 Å². The van der Waals surface area contributed by atoms with Crippen LogP contribution in [0.25, 0.3) is 11.1 Å². The van der Waals surface area contributed by atoms with Crippen LogP contribution in [0.2, 0.25) is 0 Å². The second-order valence-electron chi connectivity index (χ2n) is 8.39. The number of carbonyl (C=O) groups is 2. The molecule has 35 heavy (non-hydrogen) atoms. The van der Waals surface area contributed by atoms with Crippen molar-refractivity contribution in [2.75, 3.05) is 19.8 Å². The van der Waals surface area contributed by atoms with Gasteiger partial charge in [-0.05, 0) is 22.3 Å². The van der Waals surface area contributed by atoms with Gasteiger partial charge in [-0.15, -0.1) is 0 Å². The van der Waals surface area contributed by atoms with E-state index in [1.54, 1.807) is 0 Å². The lowest BCUT2D eigenvalue weighted by Gasteiger charge is -2.39. The molecule has 1 fully saturated rings. The molecule has 188 valence electrons. The van der Waals surface area contributed by atoms with E-state index in [0.717, 1.165) is 22.3 Å². The van der Waals surface area contributed by atoms with Crippen molar-refractivity contribution in [1.29, 1.82) is 0 Å². The highest BCUT2D eigenvalue weighted by Gasteiger charge is 2.44. The van der Waals surface area contributed by atoms with E-state index < -0.39 is 62.0 Å². The first-order valence-electron chi connectivity index (χ1n) is 11.1. The Bertz CT molecular complexity index is 1010. The molecule has 1 heterocycles. The predicted octanol–water partition coefficient (Wildman–Crippen LogP) is -0.205. The first-order valence-corrected chi connectivity index (χ1v) is 11.1. The van der Waals surface area contributed by atoms with Gasteiger partial charge in [0.05, 0.1) is 13.2 Å². The van der Waals surface area contributed by atoms with Crippen molar-refractivity contribution in [1.82, 2.24) is 5.32 Å². The van der Waals surface area contributed by atoms with Crippen LogP contribution in [0, 0.1) is 0 Å². The van der Waals surface area contributed by atoms with Crippen LogP contribution in [0.1, 0.15) is 17.0 Å². The molecule has 0 aromatic heterocycles. The summed E-state index contributed by atoms with van der Waals surface area (Å²) < 4.78 is 15.8. The van der Waals surface area contributed by atoms with Gasteiger partial charge in [-0.2, -0.15) is 0 Å². The zero-order valence-corrected chi connectivity index (χ0v) is 18.6. The summed E-state index contributed by atoms with van der Waals surface area (Å²) in [5, 5.41) is 50.6. The van der Waals surface area contributed by atoms with Crippen molar-refractivity contribution in [3.05, 3.63) is 59.7 Å². The third-order valence-corrected chi connectivity index (χ3v) is 6.21. The van der Waals surface area contributed by atoms with Crippen molar-refractivity contribution in [2.45, 2.75) is 42.7 Å². The summed E-state index contributed by atoms with van der Waals surface area (Å²) in [6.45, 7) is -1.31. The second-order valence-corrected chi connectivity index (χ2v) is 8.39. The van der Waals surface area contributed by atoms with Crippen molar-refractivity contribution >= 4 is 12.1 Å². The highest BCUT2D eigenvalue weighted by molar-refractivity contribution is 5.81. The number of ether oxygens (including phenoxy) is 3. The Hall–Kier alpha value is -3.06. The molecule has 1 aliphatic carbocycles. The minimum Gasteiger partial charge on any atom is -0.480 e. The smallest absolute Gasteiger partial charge is 0.407 e. The molecule has 2 aromatic carbocycles. The number of aliphatic hydroxyl groups excluding tert-OH is 4. The number of hydrogen-bond donors (Lipinski definition) is 6. The summed E-state index contributed by atoms with van der Waals surface area (Å²) in [4.78, 5) is 24.0. The first kappa shape index (κ1) is 25.0. The van der Waals surface area contributed by atoms with Gasteiger partial charge in [-0.3, -0.25) is 0 Å². The maximum atomic E-state index is 12.4. The van der Waals surface area contributed by atoms with Gasteiger partial charge in [-0.1, -0.05) is 48.5 Å². The molecule has 11 nitrogen and oxygen atoms in total. The number of carboxylic acid groups (broad SMARTS) is 1. The highest BCUT2D eigenvalue weighted by Crippen LogP contribution is 2.44. The number of hydrogen-bond acceptors (Lipinski definition) is 9. The Morgan fingerprint density at radius 2 is 1.54 bits per heavy atom. The van der Waals surface area contributed by atoms with Gasteiger partial charge < -0.3 is 45.1 Å². The molecule has 4 rings (SSSR count). The van der Waals surface area contributed by atoms with E-state index in [2.05, 4.69) is 5.32 Å². The summed E-state index contributed by atoms with van der Waals surface area (Å²) >= 11 is 0. The lowest BCUT2D eigenvalue weighted by molar-refractivity contribution is -0.301. The van der Waals surface area contributed by atoms with Crippen LogP contribution in [0.3, 0.4) is 0 Å². The molecule has 1 aliphatic heterocycles. The molecule has 0 spiro atoms. The third kappa shape index (κ3) is 5.15. The quantitative estimate of drug-likeness (QED) is 0.291. The maximum absolute atomic E-state index is 12.4. The molecule has 1 amide bonds. The molecular weight excluding hydrogens is 462 g/mol. The lowest BCUT2D eigenvalue weighted by Crippen LogP contribution is -2.59. The van der Waals surface area contributed by atoms with Crippen LogP contribution >= 0.6 is 0 Å². The highest BCUT2D eigenvalue weighted by atomic mass is 16.7. The van der Waals surface area contributed by atoms with Gasteiger partial charge in [0.15, 0.2) is 12.3 Å². The zero-order valence-electron chi connectivity index (χ0n) is 18.6. The summed E-state index contributed by atoms with van der Waals surface area (Å²) in [7, 11) is 0. The number of carbonyl (C=O) groups excluding carboxylic acids is 1. The Kier molecular flexibility index (Phi) is 7.65. The van der Waals surface area contributed by atoms with E-state index in [9.17, 15) is 35.1 Å². The molecule has 0 radical (unpaired) electrons. The minimum atomic E-state index is -1.70. The van der Waals surface area contributed by atoms with E-state index in [-0.39, 0.29) is 12.5 Å². The number of carboxylic acids is 1. The summed E-state index contributed by atoms with van der Waals surface area (Å²) in [5.74, 6) is -1.63. The summed E-state index contributed by atoms with van der Waals surface area (Å²) in [6.07, 6.45) is -8.67. The average Bonchev–Trinajstić information content (AvgIpc) is 3.18. The Labute approximate surface area is 200 Å². The molecule has 6 atom stereocenters. The van der Waals surface area contributed by atoms with Gasteiger partial charge in [0.2, 0.25) is 0 Å². The molecule has 0 bridgehead atoms. The van der Waals surface area contributed by atoms with Crippen molar-refractivity contribution in [3.63, 3.8) is 0 Å². The van der Waals surface area contributed by atoms with E-state index >= 15 is 0 Å². The molecule has 0 unspecified atom stereocenters. The normalized spacial score (nSPS) is 26.5. The Morgan fingerprint density at radius 1 is 0.943 bits per heavy atom. The number of rotatable bonds is 8. The summed E-state index contributed by atoms with van der Waals surface area (Å²) in [5.41, 5.74) is 4.10. The number of benzene rings is 2. The average molecular weight is 489 g/mol. The van der Waals surface area contributed by atoms with Gasteiger partial charge >= 0.3 is 12.1 Å². The van der Waals surface area contributed by atoms with Gasteiger partial charge in [0.1, 0.15) is 31.0 Å². The fraction of sp³-hybridized carbons (Fsp3) is 0.417. The second kappa shape index (κ2) is 10.7. The Morgan fingerprint density at radius 3 is 2.11 bits per heavy atom. The third-order valence-electron chi connectivity index (χ3n) is 6.21. The van der Waals surface area contributed by atoms with Crippen molar-refractivity contribution in [3.8, 4) is 11.1 Å². The molecule has 6 N–H and O–H groups in total. The number of nitrogens with one attached hydrogen (secondary N) is 1. The number of fused-ring (bicyclic) bond motifs is 3. The number of aliphatic carboxylic acids is 1. The zero-order chi connectivity index (χ0) is 25.1. The van der Waals surface area contributed by atoms with Crippen LogP contribution < -0.4 is 5.32 Å². The van der Waals surface area contributed by atoms with Gasteiger partial charge in [-0.25, -0.2) is 9.59 Å². The maximum Gasteiger partial charge on any atom is 0.407 e. The number of aliphatic hydroxyl groups is 4. The van der Waals surface area contributed by atoms with Crippen LogP contribution in [0.15, 0.2) is 48.5 Å². The Balaban J connectivity index is 1.35. The molecule has 2 aromatic rings. The topological polar surface area (TPSA) is 175 Å². The van der Waals surface area contributed by atoms with Crippen LogP contribution in [0.4, 0.5) is 4.79 Å². The standard InChI is InChI=1S/C24H27NO10/c26-9-18-19(27)20(28)21(29)23(35-18)33-11-17(22(30)31)25-24(32)34-10-16-14-7-3-1-5-12(14)13-6-2-4-8-15(13)16/h1-8,16-21,23,26-29H,9-11H2,(H,25,32)(H,30,31)/t17-,18+,19+,20-,21+,23+/m0/s1. The fourth-order valence-electron chi connectivity index (χ4n) is 4.35. The fourth-order valence-corrected chi connectivity index (χ4v) is 4.35. The van der Waals surface area contributed by atoms with Crippen molar-refractivity contribution in [2.24, 2.45) is 0 Å². The minimum absolute atomic E-state index is 0.0141. The van der Waals surface area contributed by atoms with E-state index in [1.165, 1.54) is 0 Å². The van der Waals surface area contributed by atoms with Gasteiger partial charge in [0.25, 0.3) is 0 Å². The molecular formula is C24H27NO10.